The molecule has 3 aliphatic heterocycles. The van der Waals surface area contributed by atoms with E-state index >= 15 is 0 Å². The predicted molar refractivity (Wildman–Crippen MR) is 111 cm³/mol. The van der Waals surface area contributed by atoms with Gasteiger partial charge in [-0.15, -0.1) is 10.2 Å². The first-order valence-electron chi connectivity index (χ1n) is 11.9. The van der Waals surface area contributed by atoms with E-state index in [1.165, 1.54) is 45.2 Å². The van der Waals surface area contributed by atoms with E-state index in [4.69, 9.17) is 0 Å². The molecule has 1 aromatic rings. The van der Waals surface area contributed by atoms with Crippen LogP contribution < -0.4 is 5.32 Å². The molecule has 0 aromatic carbocycles. The molecule has 29 heavy (non-hydrogen) atoms. The Labute approximate surface area is 174 Å². The molecule has 4 heterocycles. The Morgan fingerprint density at radius 1 is 1.17 bits per heavy atom. The molecule has 7 heteroatoms. The summed E-state index contributed by atoms with van der Waals surface area (Å²) in [5, 5.41) is 11.8. The highest BCUT2D eigenvalue weighted by atomic mass is 16.1. The molecule has 4 fully saturated rings. The summed E-state index contributed by atoms with van der Waals surface area (Å²) in [7, 11) is 0. The van der Waals surface area contributed by atoms with Crippen molar-refractivity contribution in [1.29, 1.82) is 0 Å². The Morgan fingerprint density at radius 3 is 2.83 bits per heavy atom. The van der Waals surface area contributed by atoms with E-state index in [-0.39, 0.29) is 5.92 Å². The first kappa shape index (κ1) is 19.5. The summed E-state index contributed by atoms with van der Waals surface area (Å²) in [4.78, 5) is 17.9. The molecule has 7 nitrogen and oxygen atoms in total. The van der Waals surface area contributed by atoms with Gasteiger partial charge in [0.25, 0.3) is 0 Å². The molecule has 1 aliphatic carbocycles. The number of amides is 1. The highest BCUT2D eigenvalue weighted by Gasteiger charge is 2.47. The zero-order chi connectivity index (χ0) is 19.8. The van der Waals surface area contributed by atoms with Crippen molar-refractivity contribution >= 4 is 5.91 Å². The third-order valence-corrected chi connectivity index (χ3v) is 8.06. The fourth-order valence-electron chi connectivity index (χ4n) is 6.30. The molecule has 0 unspecified atom stereocenters. The average Bonchev–Trinajstić information content (AvgIpc) is 3.13. The van der Waals surface area contributed by atoms with Gasteiger partial charge in [-0.25, -0.2) is 0 Å². The predicted octanol–water partition coefficient (Wildman–Crippen LogP) is 1.89. The largest absolute Gasteiger partial charge is 0.354 e. The molecule has 0 radical (unpaired) electrons. The van der Waals surface area contributed by atoms with Gasteiger partial charge in [0, 0.05) is 44.2 Å². The van der Waals surface area contributed by atoms with Crippen LogP contribution in [0.15, 0.2) is 6.33 Å². The lowest BCUT2D eigenvalue weighted by Crippen LogP contribution is -2.65. The van der Waals surface area contributed by atoms with Crippen LogP contribution in [-0.2, 0) is 17.9 Å². The van der Waals surface area contributed by atoms with Crippen LogP contribution in [0.25, 0.3) is 0 Å². The number of rotatable bonds is 6. The SMILES string of the molecule is CCn1cnnc1CN1C[C@H]2C[C@@H](C1)[C@H](CNC(=O)C1CCC1)N1CCCC[C@@H]21. The van der Waals surface area contributed by atoms with Crippen molar-refractivity contribution < 1.29 is 4.79 Å². The molecule has 0 spiro atoms. The number of aryl methyl sites for hydroxylation is 1. The van der Waals surface area contributed by atoms with Gasteiger partial charge in [0.1, 0.15) is 12.2 Å². The maximum absolute atomic E-state index is 12.5. The molecule has 2 bridgehead atoms. The zero-order valence-electron chi connectivity index (χ0n) is 17.8. The van der Waals surface area contributed by atoms with E-state index in [0.29, 0.717) is 23.9 Å². The van der Waals surface area contributed by atoms with E-state index in [1.807, 2.05) is 6.33 Å². The monoisotopic (exact) mass is 400 g/mol. The van der Waals surface area contributed by atoms with Crippen LogP contribution in [0.2, 0.25) is 0 Å². The van der Waals surface area contributed by atoms with Crippen molar-refractivity contribution in [2.24, 2.45) is 17.8 Å². The molecular formula is C22H36N6O. The molecule has 3 saturated heterocycles. The normalized spacial score (nSPS) is 33.1. The number of carbonyl (C=O) groups excluding carboxylic acids is 1. The van der Waals surface area contributed by atoms with Gasteiger partial charge < -0.3 is 9.88 Å². The van der Waals surface area contributed by atoms with Gasteiger partial charge in [-0.2, -0.15) is 0 Å². The number of fused-ring (bicyclic) bond motifs is 4. The van der Waals surface area contributed by atoms with E-state index in [2.05, 4.69) is 36.8 Å². The van der Waals surface area contributed by atoms with E-state index in [0.717, 1.165) is 50.8 Å². The molecule has 160 valence electrons. The van der Waals surface area contributed by atoms with Crippen LogP contribution in [0.1, 0.15) is 57.7 Å². The number of carbonyl (C=O) groups is 1. The van der Waals surface area contributed by atoms with Crippen LogP contribution in [-0.4, -0.2) is 68.7 Å². The Hall–Kier alpha value is -1.47. The number of piperidine rings is 3. The standard InChI is InChI=1S/C22H36N6O/c1-2-27-15-24-25-21(27)14-26-12-17-10-18(13-26)20(28-9-4-3-8-19(17)28)11-23-22(29)16-6-5-7-16/h15-20H,2-14H2,1H3,(H,23,29)/t17-,18+,19+,20+/m1/s1. The van der Waals surface area contributed by atoms with E-state index < -0.39 is 0 Å². The second-order valence-electron chi connectivity index (χ2n) is 9.72. The lowest BCUT2D eigenvalue weighted by molar-refractivity contribution is -0.128. The van der Waals surface area contributed by atoms with Gasteiger partial charge in [-0.1, -0.05) is 12.8 Å². The molecule has 4 atom stereocenters. The van der Waals surface area contributed by atoms with Crippen LogP contribution in [0.5, 0.6) is 0 Å². The van der Waals surface area contributed by atoms with Crippen LogP contribution in [0.3, 0.4) is 0 Å². The smallest absolute Gasteiger partial charge is 0.223 e. The Balaban J connectivity index is 1.29. The van der Waals surface area contributed by atoms with Crippen molar-refractivity contribution in [3.05, 3.63) is 12.2 Å². The zero-order valence-corrected chi connectivity index (χ0v) is 17.8. The quantitative estimate of drug-likeness (QED) is 0.790. The number of nitrogens with zero attached hydrogens (tertiary/aromatic N) is 5. The summed E-state index contributed by atoms with van der Waals surface area (Å²) < 4.78 is 2.16. The van der Waals surface area contributed by atoms with Crippen molar-refractivity contribution in [3.8, 4) is 0 Å². The minimum Gasteiger partial charge on any atom is -0.354 e. The summed E-state index contributed by atoms with van der Waals surface area (Å²) in [6.07, 6.45) is 10.5. The summed E-state index contributed by atoms with van der Waals surface area (Å²) >= 11 is 0. The van der Waals surface area contributed by atoms with Gasteiger partial charge in [0.05, 0.1) is 6.54 Å². The van der Waals surface area contributed by atoms with Gasteiger partial charge in [-0.05, 0) is 57.4 Å². The lowest BCUT2D eigenvalue weighted by atomic mass is 9.72. The fraction of sp³-hybridized carbons (Fsp3) is 0.864. The second kappa shape index (κ2) is 8.34. The first-order valence-corrected chi connectivity index (χ1v) is 11.9. The fourth-order valence-corrected chi connectivity index (χ4v) is 6.30. The minimum atomic E-state index is 0.284. The molecule has 1 N–H and O–H groups in total. The highest BCUT2D eigenvalue weighted by Crippen LogP contribution is 2.41. The van der Waals surface area contributed by atoms with Crippen molar-refractivity contribution in [2.45, 2.75) is 77.0 Å². The van der Waals surface area contributed by atoms with E-state index in [9.17, 15) is 4.79 Å². The Kier molecular flexibility index (Phi) is 5.61. The number of aromatic nitrogens is 3. The summed E-state index contributed by atoms with van der Waals surface area (Å²) in [5.41, 5.74) is 0. The molecule has 1 amide bonds. The molecule has 1 aromatic heterocycles. The Morgan fingerprint density at radius 2 is 2.03 bits per heavy atom. The van der Waals surface area contributed by atoms with Crippen molar-refractivity contribution in [1.82, 2.24) is 29.9 Å². The number of nitrogens with one attached hydrogen (secondary N) is 1. The molecule has 4 aliphatic rings. The van der Waals surface area contributed by atoms with Gasteiger partial charge in [-0.3, -0.25) is 14.6 Å². The van der Waals surface area contributed by atoms with Gasteiger partial charge in [0.2, 0.25) is 5.91 Å². The number of likely N-dealkylation sites (tertiary alicyclic amines) is 1. The maximum Gasteiger partial charge on any atom is 0.223 e. The van der Waals surface area contributed by atoms with Crippen molar-refractivity contribution in [3.63, 3.8) is 0 Å². The van der Waals surface area contributed by atoms with E-state index in [1.54, 1.807) is 0 Å². The lowest BCUT2D eigenvalue weighted by Gasteiger charge is -2.57. The Bertz CT molecular complexity index is 716. The first-order chi connectivity index (χ1) is 14.2. The second-order valence-corrected chi connectivity index (χ2v) is 9.72. The molecule has 5 rings (SSSR count). The van der Waals surface area contributed by atoms with Crippen LogP contribution in [0.4, 0.5) is 0 Å². The molecule has 1 saturated carbocycles. The third kappa shape index (κ3) is 3.83. The maximum atomic E-state index is 12.5. The number of hydrogen-bond acceptors (Lipinski definition) is 5. The summed E-state index contributed by atoms with van der Waals surface area (Å²) in [6, 6.07) is 1.19. The summed E-state index contributed by atoms with van der Waals surface area (Å²) in [6.45, 7) is 8.31. The minimum absolute atomic E-state index is 0.284. The van der Waals surface area contributed by atoms with Crippen LogP contribution in [0, 0.1) is 17.8 Å². The summed E-state index contributed by atoms with van der Waals surface area (Å²) in [5.74, 6) is 3.07. The van der Waals surface area contributed by atoms with Gasteiger partial charge in [0.15, 0.2) is 0 Å². The average molecular weight is 401 g/mol. The highest BCUT2D eigenvalue weighted by molar-refractivity contribution is 5.79. The topological polar surface area (TPSA) is 66.3 Å². The molecular weight excluding hydrogens is 364 g/mol. The van der Waals surface area contributed by atoms with Crippen LogP contribution >= 0.6 is 0 Å². The third-order valence-electron chi connectivity index (χ3n) is 8.06. The van der Waals surface area contributed by atoms with Crippen molar-refractivity contribution in [2.75, 3.05) is 26.2 Å². The van der Waals surface area contributed by atoms with Gasteiger partial charge >= 0.3 is 0 Å². The number of hydrogen-bond donors (Lipinski definition) is 1.